The molecule has 198 valence electrons. The van der Waals surface area contributed by atoms with Gasteiger partial charge in [-0.2, -0.15) is 0 Å². The van der Waals surface area contributed by atoms with Gasteiger partial charge in [0, 0.05) is 16.8 Å². The van der Waals surface area contributed by atoms with Crippen LogP contribution in [0, 0.1) is 19.0 Å². The molecule has 0 unspecified atom stereocenters. The number of fused-ring (bicyclic) bond motifs is 10. The summed E-state index contributed by atoms with van der Waals surface area (Å²) in [6.45, 7) is 27.3. The summed E-state index contributed by atoms with van der Waals surface area (Å²) < 4.78 is 3.39. The van der Waals surface area contributed by atoms with Crippen LogP contribution in [0.4, 0.5) is 5.82 Å². The van der Waals surface area contributed by atoms with Crippen molar-refractivity contribution in [3.63, 3.8) is 0 Å². The zero-order chi connectivity index (χ0) is 27.0. The van der Waals surface area contributed by atoms with Gasteiger partial charge in [0.05, 0.1) is 11.6 Å². The van der Waals surface area contributed by atoms with Crippen molar-refractivity contribution >= 4 is 5.82 Å². The quantitative estimate of drug-likeness (QED) is 0.207. The van der Waals surface area contributed by atoms with Gasteiger partial charge in [-0.05, 0) is 64.8 Å². The zero-order valence-corrected chi connectivity index (χ0v) is 25.7. The number of pyridine rings is 2. The third kappa shape index (κ3) is 4.14. The molecule has 4 aromatic rings. The molecule has 0 spiro atoms. The van der Waals surface area contributed by atoms with Crippen molar-refractivity contribution < 1.29 is 21.1 Å². The molecule has 1 aliphatic rings. The fourth-order valence-corrected chi connectivity index (χ4v) is 4.87. The van der Waals surface area contributed by atoms with E-state index in [9.17, 15) is 0 Å². The van der Waals surface area contributed by atoms with Gasteiger partial charge in [0.2, 0.25) is 0 Å². The number of hydrogen-bond acceptors (Lipinski definition) is 4. The Morgan fingerprint density at radius 1 is 0.763 bits per heavy atom. The summed E-state index contributed by atoms with van der Waals surface area (Å²) in [5.41, 5.74) is 2.66. The molecule has 5 heterocycles. The van der Waals surface area contributed by atoms with Crippen LogP contribution in [-0.4, -0.2) is 29.5 Å². The molecule has 1 aliphatic heterocycles. The maximum Gasteiger partial charge on any atom is 2.00 e. The monoisotopic (exact) mass is 686 g/mol. The van der Waals surface area contributed by atoms with E-state index in [4.69, 9.17) is 21.6 Å². The smallest absolute Gasteiger partial charge is 0.343 e. The van der Waals surface area contributed by atoms with E-state index in [1.807, 2.05) is 36.4 Å². The van der Waals surface area contributed by atoms with Gasteiger partial charge in [0.15, 0.2) is 0 Å². The van der Waals surface area contributed by atoms with E-state index in [1.54, 1.807) is 9.36 Å². The van der Waals surface area contributed by atoms with Gasteiger partial charge < -0.3 is 9.53 Å². The molecular weight excluding hydrogens is 653 g/mol. The fraction of sp³-hybridized carbons (Fsp3) is 0.433. The van der Waals surface area contributed by atoms with E-state index in [1.165, 1.54) is 0 Å². The van der Waals surface area contributed by atoms with E-state index in [0.29, 0.717) is 17.5 Å². The average molecular weight is 687 g/mol. The van der Waals surface area contributed by atoms with Crippen molar-refractivity contribution in [3.05, 3.63) is 88.4 Å². The molecule has 0 radical (unpaired) electrons. The SMILES string of the molecule is [C-]#[N+]c1nn2[c-]c1C(C)(C)C(C)(C)c1[c-]n(nc1C(C)(C)C)-c1cccc(n1)C(C)(C)c1cccc-2n1.[Pt+2]. The molecule has 0 amide bonds. The van der Waals surface area contributed by atoms with Crippen molar-refractivity contribution in [2.75, 3.05) is 0 Å². The summed E-state index contributed by atoms with van der Waals surface area (Å²) in [6.07, 6.45) is 7.01. The Labute approximate surface area is 239 Å². The molecule has 8 bridgehead atoms. The van der Waals surface area contributed by atoms with Crippen LogP contribution >= 0.6 is 0 Å². The molecule has 0 fully saturated rings. The summed E-state index contributed by atoms with van der Waals surface area (Å²) in [4.78, 5) is 13.8. The molecule has 0 atom stereocenters. The Balaban J connectivity index is 0.00000336. The van der Waals surface area contributed by atoms with Crippen molar-refractivity contribution in [2.24, 2.45) is 0 Å². The van der Waals surface area contributed by atoms with Crippen LogP contribution < -0.4 is 0 Å². The normalized spacial score (nSPS) is 16.9. The maximum atomic E-state index is 7.91. The summed E-state index contributed by atoms with van der Waals surface area (Å²) in [5.74, 6) is 1.66. The number of hydrogen-bond donors (Lipinski definition) is 0. The van der Waals surface area contributed by atoms with Crippen LogP contribution in [0.15, 0.2) is 36.4 Å². The molecule has 8 heteroatoms. The predicted molar refractivity (Wildman–Crippen MR) is 144 cm³/mol. The fourth-order valence-electron chi connectivity index (χ4n) is 4.87. The molecule has 7 nitrogen and oxygen atoms in total. The van der Waals surface area contributed by atoms with Crippen LogP contribution in [-0.2, 0) is 42.7 Å². The van der Waals surface area contributed by atoms with Crippen LogP contribution in [0.2, 0.25) is 0 Å². The average Bonchev–Trinajstić information content (AvgIpc) is 3.49. The van der Waals surface area contributed by atoms with Crippen LogP contribution in [0.1, 0.15) is 90.5 Å². The van der Waals surface area contributed by atoms with Gasteiger partial charge >= 0.3 is 26.9 Å². The second-order valence-electron chi connectivity index (χ2n) is 12.5. The van der Waals surface area contributed by atoms with E-state index in [-0.39, 0.29) is 26.5 Å². The van der Waals surface area contributed by atoms with E-state index < -0.39 is 16.2 Å². The number of aromatic nitrogens is 6. The molecule has 0 saturated carbocycles. The van der Waals surface area contributed by atoms with Gasteiger partial charge in [-0.1, -0.05) is 85.5 Å². The molecule has 0 N–H and O–H groups in total. The first-order valence-electron chi connectivity index (χ1n) is 12.6. The van der Waals surface area contributed by atoms with Crippen molar-refractivity contribution in [3.8, 4) is 11.6 Å². The molecule has 5 rings (SSSR count). The van der Waals surface area contributed by atoms with Crippen LogP contribution in [0.5, 0.6) is 0 Å². The minimum atomic E-state index is -0.540. The summed E-state index contributed by atoms with van der Waals surface area (Å²) in [5, 5.41) is 9.69. The third-order valence-electron chi connectivity index (χ3n) is 8.10. The van der Waals surface area contributed by atoms with Crippen LogP contribution in [0.25, 0.3) is 16.5 Å². The molecular formula is C30H33N7Pt. The molecule has 0 saturated heterocycles. The Hall–Kier alpha value is -3.10. The minimum absolute atomic E-state index is 0. The molecule has 0 aliphatic carbocycles. The number of nitrogens with zero attached hydrogens (tertiary/aromatic N) is 7. The summed E-state index contributed by atoms with van der Waals surface area (Å²) in [6, 6.07) is 11.9. The zero-order valence-electron chi connectivity index (χ0n) is 23.4. The summed E-state index contributed by atoms with van der Waals surface area (Å²) >= 11 is 0. The Bertz CT molecular complexity index is 1560. The van der Waals surface area contributed by atoms with E-state index in [0.717, 1.165) is 28.2 Å². The van der Waals surface area contributed by atoms with Gasteiger partial charge in [0.25, 0.3) is 0 Å². The second-order valence-corrected chi connectivity index (χ2v) is 12.5. The van der Waals surface area contributed by atoms with Gasteiger partial charge in [-0.3, -0.25) is 15.1 Å². The standard InChI is InChI=1S/C30H33N7.Pt/c1-27(2,3)25-19-17-36(34-25)23-15-11-13-21(32-23)28(4,5)22-14-12-16-24(33-22)37-18-20(26(31-10)35-37)30(8,9)29(19,6)7;/h11-16H,1-9H3;/q-2;+2. The summed E-state index contributed by atoms with van der Waals surface area (Å²) in [7, 11) is 0. The maximum absolute atomic E-state index is 7.91. The van der Waals surface area contributed by atoms with Crippen molar-refractivity contribution in [2.45, 2.75) is 84.0 Å². The van der Waals surface area contributed by atoms with Gasteiger partial charge in [-0.15, -0.1) is 5.56 Å². The molecule has 38 heavy (non-hydrogen) atoms. The van der Waals surface area contributed by atoms with Crippen molar-refractivity contribution in [1.82, 2.24) is 29.5 Å². The van der Waals surface area contributed by atoms with Gasteiger partial charge in [-0.25, -0.2) is 4.68 Å². The second kappa shape index (κ2) is 8.99. The molecule has 0 aromatic carbocycles. The van der Waals surface area contributed by atoms with E-state index >= 15 is 0 Å². The number of rotatable bonds is 0. The largest absolute Gasteiger partial charge is 2.00 e. The first-order chi connectivity index (χ1) is 17.2. The first kappa shape index (κ1) is 27.9. The Morgan fingerprint density at radius 3 is 1.74 bits per heavy atom. The first-order valence-corrected chi connectivity index (χ1v) is 12.6. The topological polar surface area (TPSA) is 65.8 Å². The molecule has 4 aromatic heterocycles. The van der Waals surface area contributed by atoms with Gasteiger partial charge in [0.1, 0.15) is 0 Å². The van der Waals surface area contributed by atoms with Crippen LogP contribution in [0.3, 0.4) is 0 Å². The van der Waals surface area contributed by atoms with E-state index in [2.05, 4.69) is 84.7 Å². The third-order valence-corrected chi connectivity index (χ3v) is 8.10. The Morgan fingerprint density at radius 2 is 1.24 bits per heavy atom. The predicted octanol–water partition coefficient (Wildman–Crippen LogP) is 6.19. The Kier molecular flexibility index (Phi) is 6.60. The minimum Gasteiger partial charge on any atom is -0.343 e. The van der Waals surface area contributed by atoms with Crippen molar-refractivity contribution in [1.29, 1.82) is 0 Å².